The van der Waals surface area contributed by atoms with E-state index in [0.717, 1.165) is 76.3 Å². The van der Waals surface area contributed by atoms with Crippen LogP contribution in [-0.2, 0) is 4.74 Å². The lowest BCUT2D eigenvalue weighted by molar-refractivity contribution is 0.0818. The molecule has 4 aromatic heterocycles. The number of methoxy groups -OCH3 is 1. The summed E-state index contributed by atoms with van der Waals surface area (Å²) in [6.07, 6.45) is 7.89. The molecule has 0 amide bonds. The number of ether oxygens (including phenoxy) is 2. The second kappa shape index (κ2) is 9.03. The van der Waals surface area contributed by atoms with Gasteiger partial charge in [-0.2, -0.15) is 5.10 Å². The molecule has 5 heterocycles. The molecule has 1 saturated heterocycles. The van der Waals surface area contributed by atoms with E-state index in [1.807, 2.05) is 48.9 Å². The summed E-state index contributed by atoms with van der Waals surface area (Å²) in [5, 5.41) is 9.80. The zero-order chi connectivity index (χ0) is 23.8. The van der Waals surface area contributed by atoms with Crippen molar-refractivity contribution in [1.29, 1.82) is 0 Å². The number of fused-ring (bicyclic) bond motifs is 2. The first-order valence-corrected chi connectivity index (χ1v) is 12.0. The monoisotopic (exact) mass is 468 g/mol. The third-order valence-corrected chi connectivity index (χ3v) is 6.90. The highest BCUT2D eigenvalue weighted by molar-refractivity contribution is 5.93. The Balaban J connectivity index is 1.24. The minimum Gasteiger partial charge on any atom is -0.486 e. The molecule has 0 unspecified atom stereocenters. The third kappa shape index (κ3) is 4.10. The lowest BCUT2D eigenvalue weighted by Gasteiger charge is -2.32. The molecular formula is C27H28N6O2. The molecular weight excluding hydrogens is 440 g/mol. The Kier molecular flexibility index (Phi) is 5.58. The van der Waals surface area contributed by atoms with Gasteiger partial charge in [0.05, 0.1) is 11.6 Å². The largest absolute Gasteiger partial charge is 0.486 e. The number of aromatic amines is 2. The highest BCUT2D eigenvalue weighted by Gasteiger charge is 2.20. The number of aromatic nitrogens is 5. The van der Waals surface area contributed by atoms with Crippen LogP contribution < -0.4 is 9.64 Å². The lowest BCUT2D eigenvalue weighted by Crippen LogP contribution is -2.37. The molecule has 0 radical (unpaired) electrons. The van der Waals surface area contributed by atoms with Gasteiger partial charge in [0.25, 0.3) is 0 Å². The smallest absolute Gasteiger partial charge is 0.137 e. The number of rotatable bonds is 6. The second-order valence-corrected chi connectivity index (χ2v) is 9.01. The molecule has 0 aliphatic carbocycles. The van der Waals surface area contributed by atoms with E-state index < -0.39 is 0 Å². The first-order chi connectivity index (χ1) is 17.2. The normalized spacial score (nSPS) is 15.7. The van der Waals surface area contributed by atoms with E-state index in [0.29, 0.717) is 6.10 Å². The number of nitrogens with zero attached hydrogens (tertiary/aromatic N) is 4. The molecule has 0 spiro atoms. The van der Waals surface area contributed by atoms with Crippen LogP contribution in [0.3, 0.4) is 0 Å². The van der Waals surface area contributed by atoms with Crippen LogP contribution in [0.5, 0.6) is 5.75 Å². The minimum atomic E-state index is -0.132. The van der Waals surface area contributed by atoms with Crippen LogP contribution >= 0.6 is 0 Å². The van der Waals surface area contributed by atoms with Crippen molar-refractivity contribution < 1.29 is 9.47 Å². The average Bonchev–Trinajstić information content (AvgIpc) is 3.56. The molecule has 0 bridgehead atoms. The predicted molar refractivity (Wildman–Crippen MR) is 137 cm³/mol. The quantitative estimate of drug-likeness (QED) is 0.353. The van der Waals surface area contributed by atoms with E-state index in [2.05, 4.69) is 44.1 Å². The zero-order valence-corrected chi connectivity index (χ0v) is 19.9. The number of nitrogens with one attached hydrogen (secondary N) is 2. The molecule has 1 fully saturated rings. The van der Waals surface area contributed by atoms with Crippen molar-refractivity contribution in [2.24, 2.45) is 0 Å². The van der Waals surface area contributed by atoms with E-state index in [9.17, 15) is 0 Å². The van der Waals surface area contributed by atoms with Crippen molar-refractivity contribution >= 4 is 27.8 Å². The van der Waals surface area contributed by atoms with Gasteiger partial charge < -0.3 is 19.4 Å². The van der Waals surface area contributed by atoms with Crippen LogP contribution in [0, 0.1) is 0 Å². The molecule has 8 nitrogen and oxygen atoms in total. The molecule has 1 atom stereocenters. The van der Waals surface area contributed by atoms with Crippen LogP contribution in [0.15, 0.2) is 61.1 Å². The maximum absolute atomic E-state index is 6.35. The Morgan fingerprint density at radius 3 is 2.71 bits per heavy atom. The number of H-pyrrole nitrogens is 2. The molecule has 1 aromatic carbocycles. The fourth-order valence-electron chi connectivity index (χ4n) is 4.92. The van der Waals surface area contributed by atoms with Gasteiger partial charge >= 0.3 is 0 Å². The molecule has 35 heavy (non-hydrogen) atoms. The van der Waals surface area contributed by atoms with Gasteiger partial charge in [0.15, 0.2) is 0 Å². The Morgan fingerprint density at radius 1 is 1.03 bits per heavy atom. The van der Waals surface area contributed by atoms with E-state index in [-0.39, 0.29) is 6.10 Å². The van der Waals surface area contributed by atoms with Crippen molar-refractivity contribution in [2.75, 3.05) is 25.1 Å². The molecule has 1 aliphatic heterocycles. The Labute approximate surface area is 203 Å². The fraction of sp³-hybridized carbons (Fsp3) is 0.296. The molecule has 1 aliphatic rings. The van der Waals surface area contributed by atoms with Crippen LogP contribution in [0.1, 0.15) is 31.4 Å². The van der Waals surface area contributed by atoms with E-state index in [4.69, 9.17) is 14.5 Å². The van der Waals surface area contributed by atoms with Crippen LogP contribution in [0.2, 0.25) is 0 Å². The van der Waals surface area contributed by atoms with Gasteiger partial charge in [0, 0.05) is 60.7 Å². The summed E-state index contributed by atoms with van der Waals surface area (Å²) in [6.45, 7) is 3.98. The van der Waals surface area contributed by atoms with Gasteiger partial charge in [0.1, 0.15) is 29.0 Å². The number of hydrogen-bond donors (Lipinski definition) is 2. The zero-order valence-electron chi connectivity index (χ0n) is 19.9. The molecule has 178 valence electrons. The average molecular weight is 469 g/mol. The number of piperidine rings is 1. The van der Waals surface area contributed by atoms with Crippen molar-refractivity contribution in [3.63, 3.8) is 0 Å². The van der Waals surface area contributed by atoms with Gasteiger partial charge in [-0.15, -0.1) is 0 Å². The fourth-order valence-corrected chi connectivity index (χ4v) is 4.92. The maximum Gasteiger partial charge on any atom is 0.137 e. The Hall–Kier alpha value is -3.91. The highest BCUT2D eigenvalue weighted by atomic mass is 16.5. The van der Waals surface area contributed by atoms with E-state index in [1.165, 1.54) is 0 Å². The van der Waals surface area contributed by atoms with Gasteiger partial charge in [-0.3, -0.25) is 5.10 Å². The first kappa shape index (κ1) is 21.6. The molecule has 5 aromatic rings. The highest BCUT2D eigenvalue weighted by Crippen LogP contribution is 2.32. The summed E-state index contributed by atoms with van der Waals surface area (Å²) < 4.78 is 11.8. The summed E-state index contributed by atoms with van der Waals surface area (Å²) in [5.41, 5.74) is 4.76. The van der Waals surface area contributed by atoms with E-state index >= 15 is 0 Å². The molecule has 6 rings (SSSR count). The van der Waals surface area contributed by atoms with Crippen LogP contribution in [0.4, 0.5) is 5.82 Å². The van der Waals surface area contributed by atoms with Crippen LogP contribution in [0.25, 0.3) is 33.2 Å². The third-order valence-electron chi connectivity index (χ3n) is 6.90. The summed E-state index contributed by atoms with van der Waals surface area (Å²) in [6, 6.07) is 14.2. The van der Waals surface area contributed by atoms with Gasteiger partial charge in [-0.1, -0.05) is 0 Å². The number of pyridine rings is 2. The summed E-state index contributed by atoms with van der Waals surface area (Å²) in [5.74, 6) is 1.79. The van der Waals surface area contributed by atoms with Crippen LogP contribution in [-0.4, -0.2) is 51.5 Å². The van der Waals surface area contributed by atoms with Gasteiger partial charge in [-0.05, 0) is 62.2 Å². The van der Waals surface area contributed by atoms with Gasteiger partial charge in [0.2, 0.25) is 0 Å². The summed E-state index contributed by atoms with van der Waals surface area (Å²) in [7, 11) is 1.79. The van der Waals surface area contributed by atoms with Crippen molar-refractivity contribution in [3.05, 3.63) is 66.6 Å². The van der Waals surface area contributed by atoms with Crippen molar-refractivity contribution in [3.8, 4) is 17.0 Å². The summed E-state index contributed by atoms with van der Waals surface area (Å²) in [4.78, 5) is 14.6. The Bertz CT molecular complexity index is 1450. The SMILES string of the molecule is COC1CCN(c2ccc(-c3n[nH]c4ccc(O[C@H](C)c5ccnc6[nH]ccc56)cc34)cn2)CC1. The maximum atomic E-state index is 6.35. The number of benzene rings is 1. The number of anilines is 1. The van der Waals surface area contributed by atoms with Gasteiger partial charge in [-0.25, -0.2) is 9.97 Å². The molecule has 8 heteroatoms. The molecule has 0 saturated carbocycles. The minimum absolute atomic E-state index is 0.132. The van der Waals surface area contributed by atoms with E-state index in [1.54, 1.807) is 7.11 Å². The predicted octanol–water partition coefficient (Wildman–Crippen LogP) is 5.26. The number of hydrogen-bond acceptors (Lipinski definition) is 6. The topological polar surface area (TPSA) is 92.0 Å². The standard InChI is InChI=1S/C27H28N6O2/c1-17(21-7-11-28-27-22(21)8-12-29-27)35-20-4-5-24-23(15-20)26(32-31-24)18-3-6-25(30-16-18)33-13-9-19(34-2)10-14-33/h3-8,11-12,15-17,19H,9-10,13-14H2,1-2H3,(H,28,29)(H,31,32)/t17-/m1/s1. The van der Waals surface area contributed by atoms with Crippen molar-refractivity contribution in [2.45, 2.75) is 32.0 Å². The molecule has 2 N–H and O–H groups in total. The Morgan fingerprint density at radius 2 is 1.91 bits per heavy atom. The first-order valence-electron chi connectivity index (χ1n) is 12.0. The second-order valence-electron chi connectivity index (χ2n) is 9.01. The summed E-state index contributed by atoms with van der Waals surface area (Å²) >= 11 is 0. The lowest BCUT2D eigenvalue weighted by atomic mass is 10.1. The van der Waals surface area contributed by atoms with Crippen molar-refractivity contribution in [1.82, 2.24) is 25.1 Å².